The smallest absolute Gasteiger partial charge is 0.151 e. The standard InChI is InChI=1S/C10H15N3/c1-13(2)10-9-8(5-7-12-10)4-3-6-11-9/h5,7,11H,3-4,6H2,1-2H3. The van der Waals surface area contributed by atoms with Gasteiger partial charge in [-0.25, -0.2) is 4.98 Å². The van der Waals surface area contributed by atoms with Crippen LogP contribution in [-0.4, -0.2) is 25.6 Å². The van der Waals surface area contributed by atoms with Gasteiger partial charge in [0.2, 0.25) is 0 Å². The lowest BCUT2D eigenvalue weighted by molar-refractivity contribution is 0.823. The molecule has 0 amide bonds. The highest BCUT2D eigenvalue weighted by Crippen LogP contribution is 2.29. The number of pyridine rings is 1. The zero-order valence-corrected chi connectivity index (χ0v) is 8.17. The lowest BCUT2D eigenvalue weighted by Crippen LogP contribution is -2.18. The van der Waals surface area contributed by atoms with E-state index in [2.05, 4.69) is 21.3 Å². The van der Waals surface area contributed by atoms with Crippen LogP contribution in [0.4, 0.5) is 11.5 Å². The van der Waals surface area contributed by atoms with Gasteiger partial charge in [-0.2, -0.15) is 0 Å². The second-order valence-electron chi connectivity index (χ2n) is 3.59. The predicted octanol–water partition coefficient (Wildman–Crippen LogP) is 1.51. The van der Waals surface area contributed by atoms with Crippen molar-refractivity contribution in [3.8, 4) is 0 Å². The summed E-state index contributed by atoms with van der Waals surface area (Å²) in [5, 5.41) is 3.41. The third kappa shape index (κ3) is 1.46. The quantitative estimate of drug-likeness (QED) is 0.704. The highest BCUT2D eigenvalue weighted by Gasteiger charge is 2.13. The molecule has 0 radical (unpaired) electrons. The molecule has 2 rings (SSSR count). The van der Waals surface area contributed by atoms with Crippen molar-refractivity contribution in [3.63, 3.8) is 0 Å². The van der Waals surface area contributed by atoms with Crippen LogP contribution in [0.5, 0.6) is 0 Å². The van der Waals surface area contributed by atoms with E-state index in [0.29, 0.717) is 0 Å². The highest BCUT2D eigenvalue weighted by atomic mass is 15.2. The molecule has 0 fully saturated rings. The molecular weight excluding hydrogens is 162 g/mol. The van der Waals surface area contributed by atoms with E-state index in [0.717, 1.165) is 12.4 Å². The molecule has 1 aromatic rings. The Morgan fingerprint density at radius 1 is 1.46 bits per heavy atom. The topological polar surface area (TPSA) is 28.2 Å². The zero-order chi connectivity index (χ0) is 9.26. The minimum Gasteiger partial charge on any atom is -0.382 e. The Kier molecular flexibility index (Phi) is 2.08. The van der Waals surface area contributed by atoms with Gasteiger partial charge in [-0.15, -0.1) is 0 Å². The normalized spacial score (nSPS) is 14.6. The molecule has 0 unspecified atom stereocenters. The SMILES string of the molecule is CN(C)c1nccc2c1NCCC2. The van der Waals surface area contributed by atoms with Crippen molar-refractivity contribution in [2.75, 3.05) is 30.9 Å². The maximum atomic E-state index is 4.35. The largest absolute Gasteiger partial charge is 0.382 e. The molecule has 0 saturated heterocycles. The van der Waals surface area contributed by atoms with Crippen molar-refractivity contribution >= 4 is 11.5 Å². The van der Waals surface area contributed by atoms with E-state index in [4.69, 9.17) is 0 Å². The number of anilines is 2. The molecule has 0 saturated carbocycles. The fraction of sp³-hybridized carbons (Fsp3) is 0.500. The van der Waals surface area contributed by atoms with E-state index in [9.17, 15) is 0 Å². The number of fused-ring (bicyclic) bond motifs is 1. The summed E-state index contributed by atoms with van der Waals surface area (Å²) in [6, 6.07) is 2.11. The Balaban J connectivity index is 2.46. The number of aromatic nitrogens is 1. The van der Waals surface area contributed by atoms with Gasteiger partial charge in [-0.3, -0.25) is 0 Å². The molecule has 3 heteroatoms. The Hall–Kier alpha value is -1.25. The van der Waals surface area contributed by atoms with Crippen LogP contribution in [0.25, 0.3) is 0 Å². The molecule has 0 atom stereocenters. The molecule has 0 bridgehead atoms. The molecular formula is C10H15N3. The number of nitrogens with zero attached hydrogens (tertiary/aromatic N) is 2. The second kappa shape index (κ2) is 3.24. The third-order valence-corrected chi connectivity index (χ3v) is 2.37. The van der Waals surface area contributed by atoms with Gasteiger partial charge in [-0.05, 0) is 24.5 Å². The number of aryl methyl sites for hydroxylation is 1. The number of hydrogen-bond acceptors (Lipinski definition) is 3. The summed E-state index contributed by atoms with van der Waals surface area (Å²) in [5.41, 5.74) is 2.61. The molecule has 1 aliphatic heterocycles. The van der Waals surface area contributed by atoms with Crippen LogP contribution in [0.15, 0.2) is 12.3 Å². The maximum Gasteiger partial charge on any atom is 0.151 e. The van der Waals surface area contributed by atoms with E-state index < -0.39 is 0 Å². The summed E-state index contributed by atoms with van der Waals surface area (Å²) in [7, 11) is 4.05. The van der Waals surface area contributed by atoms with E-state index in [1.54, 1.807) is 0 Å². The van der Waals surface area contributed by atoms with Crippen molar-refractivity contribution in [2.24, 2.45) is 0 Å². The zero-order valence-electron chi connectivity index (χ0n) is 8.17. The first-order valence-electron chi connectivity index (χ1n) is 4.68. The Morgan fingerprint density at radius 2 is 2.31 bits per heavy atom. The lowest BCUT2D eigenvalue weighted by atomic mass is 10.1. The molecule has 13 heavy (non-hydrogen) atoms. The highest BCUT2D eigenvalue weighted by molar-refractivity contribution is 5.70. The van der Waals surface area contributed by atoms with Gasteiger partial charge in [0.05, 0.1) is 5.69 Å². The average Bonchev–Trinajstić information content (AvgIpc) is 2.17. The van der Waals surface area contributed by atoms with Crippen LogP contribution in [0, 0.1) is 0 Å². The van der Waals surface area contributed by atoms with Crippen LogP contribution < -0.4 is 10.2 Å². The maximum absolute atomic E-state index is 4.35. The van der Waals surface area contributed by atoms with E-state index >= 15 is 0 Å². The van der Waals surface area contributed by atoms with Crippen molar-refractivity contribution in [1.29, 1.82) is 0 Å². The van der Waals surface area contributed by atoms with Gasteiger partial charge in [-0.1, -0.05) is 0 Å². The van der Waals surface area contributed by atoms with Gasteiger partial charge in [0.25, 0.3) is 0 Å². The lowest BCUT2D eigenvalue weighted by Gasteiger charge is -2.23. The van der Waals surface area contributed by atoms with Crippen LogP contribution in [0.2, 0.25) is 0 Å². The molecule has 0 aromatic carbocycles. The first-order chi connectivity index (χ1) is 6.29. The predicted molar refractivity (Wildman–Crippen MR) is 55.4 cm³/mol. The molecule has 1 N–H and O–H groups in total. The van der Waals surface area contributed by atoms with E-state index in [1.165, 1.54) is 24.1 Å². The first kappa shape index (κ1) is 8.35. The fourth-order valence-electron chi connectivity index (χ4n) is 1.72. The van der Waals surface area contributed by atoms with Crippen molar-refractivity contribution in [1.82, 2.24) is 4.98 Å². The summed E-state index contributed by atoms with van der Waals surface area (Å²) in [4.78, 5) is 6.41. The molecule has 2 heterocycles. The van der Waals surface area contributed by atoms with Gasteiger partial charge in [0.15, 0.2) is 5.82 Å². The molecule has 3 nitrogen and oxygen atoms in total. The van der Waals surface area contributed by atoms with E-state index in [-0.39, 0.29) is 0 Å². The minimum absolute atomic E-state index is 1.05. The summed E-state index contributed by atoms with van der Waals surface area (Å²) >= 11 is 0. The van der Waals surface area contributed by atoms with Crippen LogP contribution in [-0.2, 0) is 6.42 Å². The van der Waals surface area contributed by atoms with Crippen LogP contribution in [0.3, 0.4) is 0 Å². The minimum atomic E-state index is 1.05. The van der Waals surface area contributed by atoms with Crippen molar-refractivity contribution in [3.05, 3.63) is 17.8 Å². The Morgan fingerprint density at radius 3 is 3.08 bits per heavy atom. The van der Waals surface area contributed by atoms with Gasteiger partial charge in [0, 0.05) is 26.8 Å². The van der Waals surface area contributed by atoms with Crippen molar-refractivity contribution in [2.45, 2.75) is 12.8 Å². The number of hydrogen-bond donors (Lipinski definition) is 1. The Bertz CT molecular complexity index is 307. The number of rotatable bonds is 1. The molecule has 1 aromatic heterocycles. The van der Waals surface area contributed by atoms with Gasteiger partial charge >= 0.3 is 0 Å². The molecule has 0 spiro atoms. The van der Waals surface area contributed by atoms with Crippen LogP contribution >= 0.6 is 0 Å². The summed E-state index contributed by atoms with van der Waals surface area (Å²) in [6.07, 6.45) is 4.29. The average molecular weight is 177 g/mol. The number of nitrogens with one attached hydrogen (secondary N) is 1. The van der Waals surface area contributed by atoms with Crippen molar-refractivity contribution < 1.29 is 0 Å². The van der Waals surface area contributed by atoms with Crippen LogP contribution in [0.1, 0.15) is 12.0 Å². The van der Waals surface area contributed by atoms with Gasteiger partial charge < -0.3 is 10.2 Å². The molecule has 0 aliphatic carbocycles. The van der Waals surface area contributed by atoms with E-state index in [1.807, 2.05) is 20.3 Å². The summed E-state index contributed by atoms with van der Waals surface area (Å²) in [6.45, 7) is 1.07. The summed E-state index contributed by atoms with van der Waals surface area (Å²) in [5.74, 6) is 1.05. The second-order valence-corrected chi connectivity index (χ2v) is 3.59. The first-order valence-corrected chi connectivity index (χ1v) is 4.68. The fourth-order valence-corrected chi connectivity index (χ4v) is 1.72. The third-order valence-electron chi connectivity index (χ3n) is 2.37. The van der Waals surface area contributed by atoms with Gasteiger partial charge in [0.1, 0.15) is 0 Å². The Labute approximate surface area is 78.8 Å². The monoisotopic (exact) mass is 177 g/mol. The molecule has 70 valence electrons. The summed E-state index contributed by atoms with van der Waals surface area (Å²) < 4.78 is 0. The molecule has 1 aliphatic rings.